The van der Waals surface area contributed by atoms with Gasteiger partial charge >= 0.3 is 0 Å². The quantitative estimate of drug-likeness (QED) is 0.248. The Bertz CT molecular complexity index is 1150. The molecule has 7 heteroatoms. The molecule has 0 spiro atoms. The molecule has 0 unspecified atom stereocenters. The van der Waals surface area contributed by atoms with Gasteiger partial charge in [0.25, 0.3) is 5.91 Å². The summed E-state index contributed by atoms with van der Waals surface area (Å²) >= 11 is 2.10. The second-order valence-corrected chi connectivity index (χ2v) is 7.58. The van der Waals surface area contributed by atoms with Crippen LogP contribution in [0.2, 0.25) is 0 Å². The topological polar surface area (TPSA) is 71.3 Å². The molecule has 0 fully saturated rings. The van der Waals surface area contributed by atoms with Gasteiger partial charge in [-0.25, -0.2) is 4.39 Å². The van der Waals surface area contributed by atoms with Crippen molar-refractivity contribution in [3.8, 4) is 17.6 Å². The van der Waals surface area contributed by atoms with Gasteiger partial charge in [-0.2, -0.15) is 5.26 Å². The lowest BCUT2D eigenvalue weighted by Crippen LogP contribution is -2.13. The molecule has 0 aromatic heterocycles. The highest BCUT2D eigenvalue weighted by Crippen LogP contribution is 2.25. The van der Waals surface area contributed by atoms with E-state index >= 15 is 0 Å². The number of hydrogen-bond acceptors (Lipinski definition) is 4. The van der Waals surface area contributed by atoms with Crippen molar-refractivity contribution in [3.05, 3.63) is 92.8 Å². The second-order valence-electron chi connectivity index (χ2n) is 6.42. The van der Waals surface area contributed by atoms with Crippen LogP contribution in [0.1, 0.15) is 11.1 Å². The van der Waals surface area contributed by atoms with Crippen molar-refractivity contribution in [2.75, 3.05) is 12.4 Å². The minimum Gasteiger partial charge on any atom is -0.497 e. The van der Waals surface area contributed by atoms with Gasteiger partial charge in [0.15, 0.2) is 0 Å². The molecule has 1 N–H and O–H groups in total. The molecule has 0 aliphatic rings. The van der Waals surface area contributed by atoms with Crippen molar-refractivity contribution in [1.82, 2.24) is 0 Å². The summed E-state index contributed by atoms with van der Waals surface area (Å²) in [7, 11) is 1.56. The first-order valence-electron chi connectivity index (χ1n) is 9.23. The molecule has 156 valence electrons. The summed E-state index contributed by atoms with van der Waals surface area (Å²) in [4.78, 5) is 12.5. The summed E-state index contributed by atoms with van der Waals surface area (Å²) in [5.41, 5.74) is 1.65. The Hall–Kier alpha value is -3.38. The normalized spacial score (nSPS) is 10.8. The number of nitrogens with zero attached hydrogens (tertiary/aromatic N) is 1. The first-order valence-corrected chi connectivity index (χ1v) is 10.3. The van der Waals surface area contributed by atoms with Crippen molar-refractivity contribution in [2.45, 2.75) is 6.61 Å². The van der Waals surface area contributed by atoms with Crippen LogP contribution in [0, 0.1) is 20.7 Å². The van der Waals surface area contributed by atoms with E-state index in [1.54, 1.807) is 67.8 Å². The van der Waals surface area contributed by atoms with Crippen molar-refractivity contribution < 1.29 is 18.7 Å². The number of nitrogens with one attached hydrogen (secondary N) is 1. The Kier molecular flexibility index (Phi) is 7.62. The Morgan fingerprint density at radius 3 is 2.55 bits per heavy atom. The van der Waals surface area contributed by atoms with E-state index in [1.165, 1.54) is 12.1 Å². The summed E-state index contributed by atoms with van der Waals surface area (Å²) in [6.07, 6.45) is 1.50. The number of benzene rings is 3. The molecule has 0 radical (unpaired) electrons. The Balaban J connectivity index is 1.70. The summed E-state index contributed by atoms with van der Waals surface area (Å²) in [6, 6.07) is 20.4. The molecule has 3 rings (SSSR count). The molecule has 5 nitrogen and oxygen atoms in total. The van der Waals surface area contributed by atoms with Crippen LogP contribution in [0.15, 0.2) is 72.3 Å². The van der Waals surface area contributed by atoms with Crippen LogP contribution in [0.4, 0.5) is 10.1 Å². The molecule has 0 saturated heterocycles. The third-order valence-corrected chi connectivity index (χ3v) is 5.16. The largest absolute Gasteiger partial charge is 0.497 e. The molecule has 3 aromatic rings. The van der Waals surface area contributed by atoms with E-state index in [0.717, 1.165) is 3.57 Å². The van der Waals surface area contributed by atoms with Crippen LogP contribution in [0.25, 0.3) is 6.08 Å². The van der Waals surface area contributed by atoms with Crippen LogP contribution in [-0.2, 0) is 11.4 Å². The van der Waals surface area contributed by atoms with Gasteiger partial charge in [-0.15, -0.1) is 0 Å². The zero-order chi connectivity index (χ0) is 22.2. The number of halogens is 2. The first-order chi connectivity index (χ1) is 15.0. The fraction of sp³-hybridized carbons (Fsp3) is 0.0833. The monoisotopic (exact) mass is 528 g/mol. The fourth-order valence-corrected chi connectivity index (χ4v) is 3.38. The molecule has 3 aromatic carbocycles. The number of carbonyl (C=O) groups excluding carboxylic acids is 1. The number of methoxy groups -OCH3 is 1. The zero-order valence-corrected chi connectivity index (χ0v) is 18.7. The lowest BCUT2D eigenvalue weighted by Gasteiger charge is -2.10. The average Bonchev–Trinajstić information content (AvgIpc) is 2.78. The van der Waals surface area contributed by atoms with Gasteiger partial charge in [-0.05, 0) is 76.7 Å². The maximum absolute atomic E-state index is 13.7. The summed E-state index contributed by atoms with van der Waals surface area (Å²) in [5.74, 6) is 0.421. The maximum Gasteiger partial charge on any atom is 0.266 e. The SMILES string of the molecule is COc1ccc(NC(=O)/C(C#N)=C\c2ccc(OCc3ccccc3F)c(I)c2)cc1. The Morgan fingerprint density at radius 2 is 1.90 bits per heavy atom. The van der Waals surface area contributed by atoms with Crippen LogP contribution < -0.4 is 14.8 Å². The minimum atomic E-state index is -0.512. The molecule has 0 aliphatic carbocycles. The van der Waals surface area contributed by atoms with Gasteiger partial charge in [-0.3, -0.25) is 4.79 Å². The third-order valence-electron chi connectivity index (χ3n) is 4.32. The highest BCUT2D eigenvalue weighted by Gasteiger charge is 2.11. The number of hydrogen-bond donors (Lipinski definition) is 1. The van der Waals surface area contributed by atoms with Gasteiger partial charge in [0.2, 0.25) is 0 Å². The first kappa shape index (κ1) is 22.3. The van der Waals surface area contributed by atoms with E-state index in [0.29, 0.717) is 28.3 Å². The molecule has 0 atom stereocenters. The molecular weight excluding hydrogens is 510 g/mol. The lowest BCUT2D eigenvalue weighted by atomic mass is 10.1. The van der Waals surface area contributed by atoms with Crippen LogP contribution >= 0.6 is 22.6 Å². The fourth-order valence-electron chi connectivity index (χ4n) is 2.68. The number of carbonyl (C=O) groups is 1. The lowest BCUT2D eigenvalue weighted by molar-refractivity contribution is -0.112. The number of anilines is 1. The zero-order valence-electron chi connectivity index (χ0n) is 16.6. The molecule has 0 aliphatic heterocycles. The van der Waals surface area contributed by atoms with Gasteiger partial charge in [0.05, 0.1) is 10.7 Å². The van der Waals surface area contributed by atoms with Gasteiger partial charge < -0.3 is 14.8 Å². The maximum atomic E-state index is 13.7. The van der Waals surface area contributed by atoms with Gasteiger partial charge in [-0.1, -0.05) is 24.3 Å². The van der Waals surface area contributed by atoms with Gasteiger partial charge in [0.1, 0.15) is 35.6 Å². The number of amides is 1. The second kappa shape index (κ2) is 10.6. The third kappa shape index (κ3) is 6.06. The molecule has 0 bridgehead atoms. The van der Waals surface area contributed by atoms with E-state index in [1.807, 2.05) is 6.07 Å². The number of ether oxygens (including phenoxy) is 2. The summed E-state index contributed by atoms with van der Waals surface area (Å²) in [6.45, 7) is 0.103. The average molecular weight is 528 g/mol. The minimum absolute atomic E-state index is 0.0355. The molecule has 0 heterocycles. The molecule has 31 heavy (non-hydrogen) atoms. The summed E-state index contributed by atoms with van der Waals surface area (Å²) in [5, 5.41) is 12.1. The van der Waals surface area contributed by atoms with E-state index in [4.69, 9.17) is 9.47 Å². The van der Waals surface area contributed by atoms with Crippen molar-refractivity contribution >= 4 is 40.3 Å². The van der Waals surface area contributed by atoms with Crippen molar-refractivity contribution in [2.24, 2.45) is 0 Å². The summed E-state index contributed by atoms with van der Waals surface area (Å²) < 4.78 is 25.3. The highest BCUT2D eigenvalue weighted by atomic mass is 127. The van der Waals surface area contributed by atoms with E-state index in [2.05, 4.69) is 27.9 Å². The van der Waals surface area contributed by atoms with Crippen molar-refractivity contribution in [1.29, 1.82) is 5.26 Å². The Morgan fingerprint density at radius 1 is 1.16 bits per heavy atom. The van der Waals surface area contributed by atoms with E-state index in [9.17, 15) is 14.4 Å². The van der Waals surface area contributed by atoms with Crippen LogP contribution in [0.3, 0.4) is 0 Å². The predicted molar refractivity (Wildman–Crippen MR) is 125 cm³/mol. The molecular formula is C24H18FIN2O3. The van der Waals surface area contributed by atoms with Gasteiger partial charge in [0, 0.05) is 11.3 Å². The van der Waals surface area contributed by atoms with E-state index < -0.39 is 5.91 Å². The smallest absolute Gasteiger partial charge is 0.266 e. The predicted octanol–water partition coefficient (Wildman–Crippen LogP) is 5.56. The van der Waals surface area contributed by atoms with Crippen LogP contribution in [-0.4, -0.2) is 13.0 Å². The standard InChI is InChI=1S/C24H18FIN2O3/c1-30-20-9-7-19(8-10-20)28-24(29)18(14-27)12-16-6-11-23(22(26)13-16)31-15-17-4-2-3-5-21(17)25/h2-13H,15H2,1H3,(H,28,29)/b18-12-. The number of nitriles is 1. The van der Waals surface area contributed by atoms with E-state index in [-0.39, 0.29) is 18.0 Å². The van der Waals surface area contributed by atoms with Crippen LogP contribution in [0.5, 0.6) is 11.5 Å². The Labute approximate surface area is 193 Å². The molecule has 1 amide bonds. The number of rotatable bonds is 7. The highest BCUT2D eigenvalue weighted by molar-refractivity contribution is 14.1. The van der Waals surface area contributed by atoms with Crippen molar-refractivity contribution in [3.63, 3.8) is 0 Å². The molecule has 0 saturated carbocycles.